The summed E-state index contributed by atoms with van der Waals surface area (Å²) in [4.78, 5) is 32.4. The molecule has 8 heteroatoms. The highest BCUT2D eigenvalue weighted by molar-refractivity contribution is 7.15. The number of amides is 2. The topological polar surface area (TPSA) is 62.3 Å². The zero-order chi connectivity index (χ0) is 22.5. The molecule has 1 fully saturated rings. The fraction of sp³-hybridized carbons (Fsp3) is 0.292. The minimum Gasteiger partial charge on any atom is -0.342 e. The van der Waals surface area contributed by atoms with Crippen LogP contribution in [0.15, 0.2) is 54.7 Å². The highest BCUT2D eigenvalue weighted by atomic mass is 32.1. The lowest BCUT2D eigenvalue weighted by Crippen LogP contribution is -2.44. The third-order valence-electron chi connectivity index (χ3n) is 5.49. The van der Waals surface area contributed by atoms with E-state index >= 15 is 0 Å². The van der Waals surface area contributed by atoms with Crippen LogP contribution in [-0.2, 0) is 22.4 Å². The number of carbonyl (C=O) groups is 2. The number of nitrogens with zero attached hydrogens (tertiary/aromatic N) is 2. The van der Waals surface area contributed by atoms with Gasteiger partial charge in [-0.2, -0.15) is 0 Å². The third-order valence-corrected chi connectivity index (χ3v) is 6.40. The van der Waals surface area contributed by atoms with Crippen LogP contribution < -0.4 is 5.32 Å². The second-order valence-corrected chi connectivity index (χ2v) is 9.02. The van der Waals surface area contributed by atoms with Crippen molar-refractivity contribution in [2.75, 3.05) is 18.4 Å². The predicted octanol–water partition coefficient (Wildman–Crippen LogP) is 4.43. The molecule has 1 N–H and O–H groups in total. The Morgan fingerprint density at radius 1 is 1.03 bits per heavy atom. The highest BCUT2D eigenvalue weighted by Gasteiger charge is 2.29. The molecule has 32 heavy (non-hydrogen) atoms. The standard InChI is InChI=1S/C24H23F2N3O2S/c25-19-7-3-16(4-8-19)12-21-14-27-24(32-21)28-23(31)18-2-1-11-29(15-18)22(30)13-17-5-9-20(26)10-6-17/h3-10,14,18H,1-2,11-13,15H2,(H,27,28,31). The van der Waals surface area contributed by atoms with E-state index in [1.165, 1.54) is 35.6 Å². The van der Waals surface area contributed by atoms with Crippen LogP contribution in [0.3, 0.4) is 0 Å². The van der Waals surface area contributed by atoms with Gasteiger partial charge in [-0.3, -0.25) is 9.59 Å². The molecule has 4 rings (SSSR count). The summed E-state index contributed by atoms with van der Waals surface area (Å²) in [5, 5.41) is 3.39. The molecular weight excluding hydrogens is 432 g/mol. The number of anilines is 1. The Morgan fingerprint density at radius 2 is 1.69 bits per heavy atom. The second kappa shape index (κ2) is 9.99. The first-order valence-corrected chi connectivity index (χ1v) is 11.3. The van der Waals surface area contributed by atoms with Gasteiger partial charge >= 0.3 is 0 Å². The average molecular weight is 456 g/mol. The first-order chi connectivity index (χ1) is 15.5. The van der Waals surface area contributed by atoms with Gasteiger partial charge in [0.1, 0.15) is 11.6 Å². The van der Waals surface area contributed by atoms with E-state index < -0.39 is 0 Å². The molecule has 2 aromatic carbocycles. The SMILES string of the molecule is O=C(Nc1ncc(Cc2ccc(F)cc2)s1)C1CCCN(C(=O)Cc2ccc(F)cc2)C1. The molecule has 0 radical (unpaired) electrons. The number of likely N-dealkylation sites (tertiary alicyclic amines) is 1. The van der Waals surface area contributed by atoms with E-state index in [0.717, 1.165) is 22.4 Å². The Morgan fingerprint density at radius 3 is 2.38 bits per heavy atom. The maximum Gasteiger partial charge on any atom is 0.231 e. The van der Waals surface area contributed by atoms with Gasteiger partial charge < -0.3 is 10.2 Å². The molecule has 0 saturated carbocycles. The molecular formula is C24H23F2N3O2S. The van der Waals surface area contributed by atoms with E-state index in [2.05, 4.69) is 10.3 Å². The molecule has 1 saturated heterocycles. The van der Waals surface area contributed by atoms with Crippen molar-refractivity contribution in [3.63, 3.8) is 0 Å². The molecule has 2 heterocycles. The zero-order valence-corrected chi connectivity index (χ0v) is 18.2. The van der Waals surface area contributed by atoms with Crippen molar-refractivity contribution in [2.45, 2.75) is 25.7 Å². The molecule has 0 bridgehead atoms. The lowest BCUT2D eigenvalue weighted by Gasteiger charge is -2.32. The number of benzene rings is 2. The Bertz CT molecular complexity index is 1080. The van der Waals surface area contributed by atoms with Crippen LogP contribution in [0.2, 0.25) is 0 Å². The van der Waals surface area contributed by atoms with Crippen LogP contribution in [0.4, 0.5) is 13.9 Å². The summed E-state index contributed by atoms with van der Waals surface area (Å²) in [6.07, 6.45) is 3.97. The smallest absolute Gasteiger partial charge is 0.231 e. The number of piperidine rings is 1. The molecule has 5 nitrogen and oxygen atoms in total. The molecule has 0 spiro atoms. The number of rotatable bonds is 6. The third kappa shape index (κ3) is 5.76. The summed E-state index contributed by atoms with van der Waals surface area (Å²) in [5.41, 5.74) is 1.72. The van der Waals surface area contributed by atoms with E-state index in [0.29, 0.717) is 31.1 Å². The van der Waals surface area contributed by atoms with Gasteiger partial charge in [-0.15, -0.1) is 11.3 Å². The summed E-state index contributed by atoms with van der Waals surface area (Å²) >= 11 is 1.39. The molecule has 1 aromatic heterocycles. The van der Waals surface area contributed by atoms with Gasteiger partial charge in [0.25, 0.3) is 0 Å². The molecule has 1 unspecified atom stereocenters. The Labute approximate surface area is 189 Å². The lowest BCUT2D eigenvalue weighted by atomic mass is 9.96. The van der Waals surface area contributed by atoms with E-state index in [9.17, 15) is 18.4 Å². The van der Waals surface area contributed by atoms with E-state index in [-0.39, 0.29) is 35.8 Å². The molecule has 1 aliphatic heterocycles. The van der Waals surface area contributed by atoms with Gasteiger partial charge in [0.2, 0.25) is 11.8 Å². The minimum atomic E-state index is -0.334. The van der Waals surface area contributed by atoms with E-state index in [4.69, 9.17) is 0 Å². The Balaban J connectivity index is 1.31. The fourth-order valence-corrected chi connectivity index (χ4v) is 4.61. The largest absolute Gasteiger partial charge is 0.342 e. The van der Waals surface area contributed by atoms with Gasteiger partial charge in [0, 0.05) is 30.6 Å². The summed E-state index contributed by atoms with van der Waals surface area (Å²) in [6.45, 7) is 0.975. The van der Waals surface area contributed by atoms with Crippen LogP contribution in [0.5, 0.6) is 0 Å². The van der Waals surface area contributed by atoms with Crippen molar-refractivity contribution < 1.29 is 18.4 Å². The van der Waals surface area contributed by atoms with Crippen molar-refractivity contribution in [3.05, 3.63) is 82.4 Å². The average Bonchev–Trinajstić information content (AvgIpc) is 3.23. The van der Waals surface area contributed by atoms with Crippen LogP contribution in [0.1, 0.15) is 28.8 Å². The zero-order valence-electron chi connectivity index (χ0n) is 17.4. The molecule has 1 atom stereocenters. The summed E-state index contributed by atoms with van der Waals surface area (Å²) in [7, 11) is 0. The molecule has 2 amide bonds. The summed E-state index contributed by atoms with van der Waals surface area (Å²) in [5.74, 6) is -1.12. The number of hydrogen-bond donors (Lipinski definition) is 1. The van der Waals surface area contributed by atoms with Gasteiger partial charge in [0.05, 0.1) is 12.3 Å². The van der Waals surface area contributed by atoms with Crippen LogP contribution >= 0.6 is 11.3 Å². The number of aromatic nitrogens is 1. The number of thiazole rings is 1. The number of hydrogen-bond acceptors (Lipinski definition) is 4. The van der Waals surface area contributed by atoms with Crippen LogP contribution in [0, 0.1) is 17.6 Å². The Hall–Kier alpha value is -3.13. The van der Waals surface area contributed by atoms with Crippen molar-refractivity contribution >= 4 is 28.3 Å². The van der Waals surface area contributed by atoms with Gasteiger partial charge in [-0.05, 0) is 48.2 Å². The number of halogens is 2. The highest BCUT2D eigenvalue weighted by Crippen LogP contribution is 2.24. The van der Waals surface area contributed by atoms with E-state index in [1.807, 2.05) is 0 Å². The van der Waals surface area contributed by atoms with Crippen molar-refractivity contribution in [3.8, 4) is 0 Å². The molecule has 166 valence electrons. The number of nitrogens with one attached hydrogen (secondary N) is 1. The fourth-order valence-electron chi connectivity index (χ4n) is 3.76. The summed E-state index contributed by atoms with van der Waals surface area (Å²) in [6, 6.07) is 12.2. The molecule has 1 aliphatic rings. The van der Waals surface area contributed by atoms with Crippen LogP contribution in [-0.4, -0.2) is 34.8 Å². The molecule has 0 aliphatic carbocycles. The van der Waals surface area contributed by atoms with Gasteiger partial charge in [0.15, 0.2) is 5.13 Å². The Kier molecular flexibility index (Phi) is 6.90. The van der Waals surface area contributed by atoms with Crippen molar-refractivity contribution in [1.29, 1.82) is 0 Å². The van der Waals surface area contributed by atoms with Gasteiger partial charge in [-0.25, -0.2) is 13.8 Å². The minimum absolute atomic E-state index is 0.0649. The second-order valence-electron chi connectivity index (χ2n) is 7.91. The maximum atomic E-state index is 13.1. The first kappa shape index (κ1) is 22.1. The maximum absolute atomic E-state index is 13.1. The number of carbonyl (C=O) groups excluding carboxylic acids is 2. The first-order valence-electron chi connectivity index (χ1n) is 10.5. The van der Waals surface area contributed by atoms with Crippen molar-refractivity contribution in [1.82, 2.24) is 9.88 Å². The summed E-state index contributed by atoms with van der Waals surface area (Å²) < 4.78 is 26.1. The monoisotopic (exact) mass is 455 g/mol. The lowest BCUT2D eigenvalue weighted by molar-refractivity contribution is -0.133. The van der Waals surface area contributed by atoms with Crippen molar-refractivity contribution in [2.24, 2.45) is 5.92 Å². The van der Waals surface area contributed by atoms with Crippen LogP contribution in [0.25, 0.3) is 0 Å². The quantitative estimate of drug-likeness (QED) is 0.598. The molecule has 3 aromatic rings. The van der Waals surface area contributed by atoms with E-state index in [1.54, 1.807) is 35.4 Å². The normalized spacial score (nSPS) is 16.1. The van der Waals surface area contributed by atoms with Gasteiger partial charge in [-0.1, -0.05) is 24.3 Å². The predicted molar refractivity (Wildman–Crippen MR) is 119 cm³/mol.